The normalized spacial score (nSPS) is 11.8. The van der Waals surface area contributed by atoms with Gasteiger partial charge in [-0.1, -0.05) is 36.4 Å². The SMILES string of the molecule is Cn1nc2c(N)nc3ccccc3c2c1CC(C)(C)NC(=O)c1ccccc1. The minimum atomic E-state index is -0.479. The predicted molar refractivity (Wildman–Crippen MR) is 112 cm³/mol. The number of nitrogens with two attached hydrogens (primary N) is 1. The fourth-order valence-corrected chi connectivity index (χ4v) is 3.62. The molecular formula is C22H23N5O. The summed E-state index contributed by atoms with van der Waals surface area (Å²) in [5.41, 5.74) is 8.88. The van der Waals surface area contributed by atoms with Gasteiger partial charge in [-0.15, -0.1) is 0 Å². The highest BCUT2D eigenvalue weighted by atomic mass is 16.1. The molecule has 6 nitrogen and oxygen atoms in total. The molecule has 6 heteroatoms. The second-order valence-corrected chi connectivity index (χ2v) is 7.69. The van der Waals surface area contributed by atoms with Crippen molar-refractivity contribution in [2.45, 2.75) is 25.8 Å². The zero-order valence-corrected chi connectivity index (χ0v) is 16.2. The van der Waals surface area contributed by atoms with Crippen molar-refractivity contribution >= 4 is 33.5 Å². The maximum Gasteiger partial charge on any atom is 0.251 e. The van der Waals surface area contributed by atoms with Gasteiger partial charge in [0.25, 0.3) is 5.91 Å². The number of para-hydroxylation sites is 1. The molecule has 0 aliphatic rings. The van der Waals surface area contributed by atoms with Crippen molar-refractivity contribution in [3.8, 4) is 0 Å². The zero-order chi connectivity index (χ0) is 19.9. The molecule has 4 rings (SSSR count). The van der Waals surface area contributed by atoms with Gasteiger partial charge >= 0.3 is 0 Å². The molecule has 2 heterocycles. The number of nitrogens with zero attached hydrogens (tertiary/aromatic N) is 3. The maximum atomic E-state index is 12.6. The molecular weight excluding hydrogens is 350 g/mol. The van der Waals surface area contributed by atoms with Gasteiger partial charge in [-0.25, -0.2) is 4.98 Å². The van der Waals surface area contributed by atoms with E-state index in [0.29, 0.717) is 23.3 Å². The second kappa shape index (κ2) is 6.64. The topological polar surface area (TPSA) is 85.8 Å². The average molecular weight is 373 g/mol. The van der Waals surface area contributed by atoms with Crippen LogP contribution in [-0.4, -0.2) is 26.2 Å². The van der Waals surface area contributed by atoms with Gasteiger partial charge in [0.2, 0.25) is 0 Å². The van der Waals surface area contributed by atoms with Crippen LogP contribution in [0.25, 0.3) is 21.8 Å². The van der Waals surface area contributed by atoms with E-state index in [1.54, 1.807) is 0 Å². The van der Waals surface area contributed by atoms with E-state index in [9.17, 15) is 4.79 Å². The summed E-state index contributed by atoms with van der Waals surface area (Å²) in [4.78, 5) is 17.1. The van der Waals surface area contributed by atoms with Gasteiger partial charge in [0, 0.05) is 41.0 Å². The summed E-state index contributed by atoms with van der Waals surface area (Å²) in [6, 6.07) is 17.1. The number of rotatable bonds is 4. The van der Waals surface area contributed by atoms with Gasteiger partial charge in [0.15, 0.2) is 5.82 Å². The van der Waals surface area contributed by atoms with E-state index < -0.39 is 5.54 Å². The van der Waals surface area contributed by atoms with Gasteiger partial charge in [0.1, 0.15) is 5.52 Å². The Morgan fingerprint density at radius 1 is 1.11 bits per heavy atom. The first-order valence-corrected chi connectivity index (χ1v) is 9.23. The number of hydrogen-bond donors (Lipinski definition) is 2. The minimum absolute atomic E-state index is 0.0943. The van der Waals surface area contributed by atoms with Crippen molar-refractivity contribution in [1.29, 1.82) is 0 Å². The van der Waals surface area contributed by atoms with Crippen LogP contribution in [-0.2, 0) is 13.5 Å². The molecule has 4 aromatic rings. The number of anilines is 1. The van der Waals surface area contributed by atoms with Gasteiger partial charge in [-0.2, -0.15) is 5.10 Å². The summed E-state index contributed by atoms with van der Waals surface area (Å²) in [5.74, 6) is 0.324. The lowest BCUT2D eigenvalue weighted by atomic mass is 9.95. The third kappa shape index (κ3) is 3.17. The van der Waals surface area contributed by atoms with E-state index in [-0.39, 0.29) is 5.91 Å². The Kier molecular flexibility index (Phi) is 4.26. The maximum absolute atomic E-state index is 12.6. The Bertz CT molecular complexity index is 1180. The van der Waals surface area contributed by atoms with E-state index in [4.69, 9.17) is 5.73 Å². The summed E-state index contributed by atoms with van der Waals surface area (Å²) in [6.07, 6.45) is 0.603. The van der Waals surface area contributed by atoms with E-state index in [1.165, 1.54) is 0 Å². The monoisotopic (exact) mass is 373 g/mol. The van der Waals surface area contributed by atoms with Crippen LogP contribution < -0.4 is 11.1 Å². The number of nitrogens with one attached hydrogen (secondary N) is 1. The third-order valence-electron chi connectivity index (χ3n) is 4.92. The molecule has 3 N–H and O–H groups in total. The quantitative estimate of drug-likeness (QED) is 0.574. The number of carbonyl (C=O) groups excluding carboxylic acids is 1. The van der Waals surface area contributed by atoms with Gasteiger partial charge in [-0.3, -0.25) is 9.48 Å². The number of aryl methyl sites for hydroxylation is 1. The minimum Gasteiger partial charge on any atom is -0.382 e. The Morgan fingerprint density at radius 2 is 1.79 bits per heavy atom. The van der Waals surface area contributed by atoms with E-state index in [0.717, 1.165) is 22.0 Å². The Balaban J connectivity index is 1.75. The number of nitrogen functional groups attached to an aromatic ring is 1. The molecule has 0 aliphatic carbocycles. The van der Waals surface area contributed by atoms with Crippen LogP contribution in [0.3, 0.4) is 0 Å². The fourth-order valence-electron chi connectivity index (χ4n) is 3.62. The Hall–Kier alpha value is -3.41. The summed E-state index contributed by atoms with van der Waals surface area (Å²) in [5, 5.41) is 9.75. The molecule has 2 aromatic heterocycles. The first-order valence-electron chi connectivity index (χ1n) is 9.23. The first kappa shape index (κ1) is 18.0. The largest absolute Gasteiger partial charge is 0.382 e. The van der Waals surface area contributed by atoms with Crippen LogP contribution in [0, 0.1) is 0 Å². The number of hydrogen-bond acceptors (Lipinski definition) is 4. The number of benzene rings is 2. The summed E-state index contributed by atoms with van der Waals surface area (Å²) >= 11 is 0. The van der Waals surface area contributed by atoms with Crippen molar-refractivity contribution in [2.75, 3.05) is 5.73 Å². The van der Waals surface area contributed by atoms with Crippen LogP contribution in [0.4, 0.5) is 5.82 Å². The number of carbonyl (C=O) groups is 1. The Labute approximate surface area is 163 Å². The van der Waals surface area contributed by atoms with Crippen molar-refractivity contribution < 1.29 is 4.79 Å². The lowest BCUT2D eigenvalue weighted by molar-refractivity contribution is 0.0912. The molecule has 0 aliphatic heterocycles. The van der Waals surface area contributed by atoms with Crippen molar-refractivity contribution in [3.63, 3.8) is 0 Å². The molecule has 0 saturated carbocycles. The molecule has 1 amide bonds. The molecule has 0 unspecified atom stereocenters. The molecule has 28 heavy (non-hydrogen) atoms. The van der Waals surface area contributed by atoms with Crippen molar-refractivity contribution in [1.82, 2.24) is 20.1 Å². The Morgan fingerprint density at radius 3 is 2.54 bits per heavy atom. The number of amides is 1. The summed E-state index contributed by atoms with van der Waals surface area (Å²) in [6.45, 7) is 4.03. The van der Waals surface area contributed by atoms with Gasteiger partial charge in [-0.05, 0) is 32.0 Å². The van der Waals surface area contributed by atoms with E-state index >= 15 is 0 Å². The lowest BCUT2D eigenvalue weighted by Crippen LogP contribution is -2.45. The van der Waals surface area contributed by atoms with Gasteiger partial charge in [0.05, 0.1) is 5.52 Å². The van der Waals surface area contributed by atoms with Crippen LogP contribution >= 0.6 is 0 Å². The molecule has 2 aromatic carbocycles. The van der Waals surface area contributed by atoms with Crippen LogP contribution in [0.2, 0.25) is 0 Å². The zero-order valence-electron chi connectivity index (χ0n) is 16.2. The summed E-state index contributed by atoms with van der Waals surface area (Å²) in [7, 11) is 1.90. The third-order valence-corrected chi connectivity index (χ3v) is 4.92. The number of aromatic nitrogens is 3. The fraction of sp³-hybridized carbons (Fsp3) is 0.227. The highest BCUT2D eigenvalue weighted by Gasteiger charge is 2.26. The second-order valence-electron chi connectivity index (χ2n) is 7.69. The van der Waals surface area contributed by atoms with Crippen LogP contribution in [0.15, 0.2) is 54.6 Å². The first-order chi connectivity index (χ1) is 13.4. The van der Waals surface area contributed by atoms with Gasteiger partial charge < -0.3 is 11.1 Å². The van der Waals surface area contributed by atoms with Crippen LogP contribution in [0.1, 0.15) is 29.9 Å². The standard InChI is InChI=1S/C22H23N5O/c1-22(2,25-21(28)14-9-5-4-6-10-14)13-17-18-15-11-7-8-12-16(15)24-20(23)19(18)26-27(17)3/h4-12H,13H2,1-3H3,(H2,23,24)(H,25,28). The molecule has 0 saturated heterocycles. The summed E-state index contributed by atoms with van der Waals surface area (Å²) < 4.78 is 1.84. The number of fused-ring (bicyclic) bond motifs is 3. The molecule has 0 atom stereocenters. The lowest BCUT2D eigenvalue weighted by Gasteiger charge is -2.26. The number of pyridine rings is 1. The average Bonchev–Trinajstić information content (AvgIpc) is 2.99. The highest BCUT2D eigenvalue weighted by Crippen LogP contribution is 2.31. The van der Waals surface area contributed by atoms with Crippen molar-refractivity contribution in [3.05, 3.63) is 65.9 Å². The van der Waals surface area contributed by atoms with Crippen molar-refractivity contribution in [2.24, 2.45) is 7.05 Å². The predicted octanol–water partition coefficient (Wildman–Crippen LogP) is 3.45. The molecule has 0 bridgehead atoms. The molecule has 142 valence electrons. The van der Waals surface area contributed by atoms with E-state index in [2.05, 4.69) is 15.4 Å². The van der Waals surface area contributed by atoms with E-state index in [1.807, 2.05) is 80.2 Å². The van der Waals surface area contributed by atoms with Crippen LogP contribution in [0.5, 0.6) is 0 Å². The molecule has 0 radical (unpaired) electrons. The highest BCUT2D eigenvalue weighted by molar-refractivity contribution is 6.09. The molecule has 0 spiro atoms. The molecule has 0 fully saturated rings. The smallest absolute Gasteiger partial charge is 0.251 e.